The molecule has 326 valence electrons. The molecular formula is C49H95NO5. The number of unbranched alkanes of at least 4 members (excludes halogenated alkanes) is 31. The number of amides is 1. The highest BCUT2D eigenvalue weighted by Crippen LogP contribution is 2.16. The standard InChI is InChI=1S/C49H95NO5/c1-3-5-7-9-11-13-15-16-17-18-19-20-21-22-23-24-25-26-27-28-29-30-31-33-34-36-38-40-42-46(52)48(54)45(44-51)50-49(55)47(53)43-41-39-37-35-32-14-12-10-8-6-4-2/h29-30,34,36,45-48,51-54H,3-28,31-33,35,37-44H2,1-2H3,(H,50,55)/b30-29+,36-34+. The molecule has 0 aliphatic carbocycles. The van der Waals surface area contributed by atoms with E-state index in [2.05, 4.69) is 43.5 Å². The summed E-state index contributed by atoms with van der Waals surface area (Å²) in [6.07, 6.45) is 51.0. The van der Waals surface area contributed by atoms with Crippen LogP contribution in [0.25, 0.3) is 0 Å². The van der Waals surface area contributed by atoms with Crippen LogP contribution in [0.3, 0.4) is 0 Å². The van der Waals surface area contributed by atoms with Gasteiger partial charge in [0.2, 0.25) is 5.91 Å². The fourth-order valence-electron chi connectivity index (χ4n) is 7.54. The smallest absolute Gasteiger partial charge is 0.249 e. The van der Waals surface area contributed by atoms with Crippen molar-refractivity contribution in [2.45, 2.75) is 276 Å². The summed E-state index contributed by atoms with van der Waals surface area (Å²) in [5, 5.41) is 43.6. The molecule has 1 amide bonds. The maximum Gasteiger partial charge on any atom is 0.249 e. The largest absolute Gasteiger partial charge is 0.394 e. The van der Waals surface area contributed by atoms with E-state index in [0.29, 0.717) is 19.3 Å². The van der Waals surface area contributed by atoms with E-state index in [4.69, 9.17) is 0 Å². The Labute approximate surface area is 342 Å². The van der Waals surface area contributed by atoms with Crippen LogP contribution < -0.4 is 5.32 Å². The molecule has 55 heavy (non-hydrogen) atoms. The van der Waals surface area contributed by atoms with Crippen LogP contribution in [0.5, 0.6) is 0 Å². The molecule has 0 aliphatic rings. The van der Waals surface area contributed by atoms with Gasteiger partial charge >= 0.3 is 0 Å². The van der Waals surface area contributed by atoms with E-state index in [1.807, 2.05) is 0 Å². The van der Waals surface area contributed by atoms with Crippen LogP contribution in [0.2, 0.25) is 0 Å². The zero-order valence-corrected chi connectivity index (χ0v) is 36.7. The summed E-state index contributed by atoms with van der Waals surface area (Å²) < 4.78 is 0. The van der Waals surface area contributed by atoms with Crippen LogP contribution in [0.4, 0.5) is 0 Å². The molecule has 0 rings (SSSR count). The maximum absolute atomic E-state index is 12.5. The lowest BCUT2D eigenvalue weighted by Crippen LogP contribution is -2.53. The van der Waals surface area contributed by atoms with Crippen molar-refractivity contribution < 1.29 is 25.2 Å². The van der Waals surface area contributed by atoms with Crippen molar-refractivity contribution in [3.8, 4) is 0 Å². The Morgan fingerprint density at radius 2 is 0.764 bits per heavy atom. The highest BCUT2D eigenvalue weighted by molar-refractivity contribution is 5.80. The zero-order valence-electron chi connectivity index (χ0n) is 36.7. The molecule has 4 atom stereocenters. The molecule has 0 spiro atoms. The van der Waals surface area contributed by atoms with Gasteiger partial charge in [-0.1, -0.05) is 224 Å². The van der Waals surface area contributed by atoms with Gasteiger partial charge in [-0.3, -0.25) is 4.79 Å². The van der Waals surface area contributed by atoms with Crippen molar-refractivity contribution in [1.82, 2.24) is 5.32 Å². The van der Waals surface area contributed by atoms with E-state index in [1.54, 1.807) is 0 Å². The molecule has 6 heteroatoms. The molecule has 0 aromatic carbocycles. The average Bonchev–Trinajstić information content (AvgIpc) is 3.19. The van der Waals surface area contributed by atoms with Gasteiger partial charge in [-0.05, 0) is 51.4 Å². The first-order chi connectivity index (χ1) is 27.0. The van der Waals surface area contributed by atoms with Crippen LogP contribution in [0, 0.1) is 0 Å². The molecule has 0 aromatic rings. The Morgan fingerprint density at radius 3 is 1.15 bits per heavy atom. The second-order valence-corrected chi connectivity index (χ2v) is 16.8. The minimum atomic E-state index is -1.29. The quantitative estimate of drug-likeness (QED) is 0.0313. The summed E-state index contributed by atoms with van der Waals surface area (Å²) in [5.74, 6) is -0.597. The Kier molecular flexibility index (Phi) is 42.9. The summed E-state index contributed by atoms with van der Waals surface area (Å²) >= 11 is 0. The third-order valence-corrected chi connectivity index (χ3v) is 11.4. The Balaban J connectivity index is 3.67. The van der Waals surface area contributed by atoms with Gasteiger partial charge in [-0.2, -0.15) is 0 Å². The van der Waals surface area contributed by atoms with Crippen molar-refractivity contribution in [2.24, 2.45) is 0 Å². The number of allylic oxidation sites excluding steroid dienone is 4. The fourth-order valence-corrected chi connectivity index (χ4v) is 7.54. The Bertz CT molecular complexity index is 832. The fraction of sp³-hybridized carbons (Fsp3) is 0.898. The minimum Gasteiger partial charge on any atom is -0.394 e. The summed E-state index contributed by atoms with van der Waals surface area (Å²) in [5.41, 5.74) is 0. The number of aliphatic hydroxyl groups excluding tert-OH is 4. The molecule has 0 aromatic heterocycles. The third kappa shape index (κ3) is 38.1. The molecule has 0 fully saturated rings. The van der Waals surface area contributed by atoms with E-state index in [1.165, 1.54) is 180 Å². The summed E-state index contributed by atoms with van der Waals surface area (Å²) in [4.78, 5) is 12.5. The first-order valence-electron chi connectivity index (χ1n) is 24.2. The van der Waals surface area contributed by atoms with Gasteiger partial charge in [0.25, 0.3) is 0 Å². The van der Waals surface area contributed by atoms with Gasteiger partial charge in [-0.15, -0.1) is 0 Å². The summed E-state index contributed by atoms with van der Waals surface area (Å²) in [7, 11) is 0. The lowest BCUT2D eigenvalue weighted by molar-refractivity contribution is -0.132. The van der Waals surface area contributed by atoms with Crippen molar-refractivity contribution in [1.29, 1.82) is 0 Å². The molecule has 6 nitrogen and oxygen atoms in total. The molecule has 0 heterocycles. The predicted octanol–water partition coefficient (Wildman–Crippen LogP) is 13.1. The van der Waals surface area contributed by atoms with Gasteiger partial charge in [0, 0.05) is 0 Å². The maximum atomic E-state index is 12.5. The van der Waals surface area contributed by atoms with Gasteiger partial charge in [-0.25, -0.2) is 0 Å². The van der Waals surface area contributed by atoms with Crippen molar-refractivity contribution in [2.75, 3.05) is 6.61 Å². The van der Waals surface area contributed by atoms with Crippen molar-refractivity contribution in [3.05, 3.63) is 24.3 Å². The number of carbonyl (C=O) groups excluding carboxylic acids is 1. The monoisotopic (exact) mass is 778 g/mol. The Morgan fingerprint density at radius 1 is 0.436 bits per heavy atom. The second kappa shape index (κ2) is 43.9. The van der Waals surface area contributed by atoms with Crippen LogP contribution >= 0.6 is 0 Å². The van der Waals surface area contributed by atoms with Crippen LogP contribution in [0.1, 0.15) is 251 Å². The topological polar surface area (TPSA) is 110 Å². The van der Waals surface area contributed by atoms with Gasteiger partial charge < -0.3 is 25.7 Å². The average molecular weight is 778 g/mol. The number of carbonyl (C=O) groups is 1. The molecule has 0 bridgehead atoms. The SMILES string of the molecule is CCCCCCCCCCCCCCCCCCCCC/C=C/CC/C=C/CCCC(O)C(O)C(CO)NC(=O)C(O)CCCCCCCCCCCCC. The van der Waals surface area contributed by atoms with Gasteiger partial charge in [0.05, 0.1) is 18.8 Å². The first-order valence-corrected chi connectivity index (χ1v) is 24.2. The van der Waals surface area contributed by atoms with E-state index >= 15 is 0 Å². The van der Waals surface area contributed by atoms with Crippen LogP contribution in [-0.4, -0.2) is 57.3 Å². The zero-order chi connectivity index (χ0) is 40.3. The number of aliphatic hydroxyl groups is 4. The van der Waals surface area contributed by atoms with Gasteiger partial charge in [0.1, 0.15) is 12.2 Å². The van der Waals surface area contributed by atoms with Crippen LogP contribution in [0.15, 0.2) is 24.3 Å². The molecule has 0 saturated carbocycles. The van der Waals surface area contributed by atoms with E-state index in [9.17, 15) is 25.2 Å². The molecule has 0 radical (unpaired) electrons. The molecule has 4 unspecified atom stereocenters. The normalized spacial score (nSPS) is 14.2. The van der Waals surface area contributed by atoms with Crippen molar-refractivity contribution >= 4 is 5.91 Å². The minimum absolute atomic E-state index is 0.363. The highest BCUT2D eigenvalue weighted by Gasteiger charge is 2.28. The lowest BCUT2D eigenvalue weighted by atomic mass is 10.00. The summed E-state index contributed by atoms with van der Waals surface area (Å²) in [6, 6.07) is -1.00. The van der Waals surface area contributed by atoms with Crippen molar-refractivity contribution in [3.63, 3.8) is 0 Å². The molecular weight excluding hydrogens is 683 g/mol. The second-order valence-electron chi connectivity index (χ2n) is 16.8. The van der Waals surface area contributed by atoms with E-state index < -0.39 is 36.9 Å². The number of nitrogens with one attached hydrogen (secondary N) is 1. The predicted molar refractivity (Wildman–Crippen MR) is 237 cm³/mol. The summed E-state index contributed by atoms with van der Waals surface area (Å²) in [6.45, 7) is 4.03. The lowest BCUT2D eigenvalue weighted by Gasteiger charge is -2.27. The van der Waals surface area contributed by atoms with E-state index in [0.717, 1.165) is 38.5 Å². The molecule has 0 aliphatic heterocycles. The number of rotatable bonds is 44. The molecule has 5 N–H and O–H groups in total. The molecule has 0 saturated heterocycles. The Hall–Kier alpha value is -1.21. The van der Waals surface area contributed by atoms with Crippen LogP contribution in [-0.2, 0) is 4.79 Å². The number of hydrogen-bond acceptors (Lipinski definition) is 5. The van der Waals surface area contributed by atoms with E-state index in [-0.39, 0.29) is 0 Å². The number of hydrogen-bond donors (Lipinski definition) is 5. The highest BCUT2D eigenvalue weighted by atomic mass is 16.3. The van der Waals surface area contributed by atoms with Gasteiger partial charge in [0.15, 0.2) is 0 Å². The first kappa shape index (κ1) is 53.8. The third-order valence-electron chi connectivity index (χ3n) is 11.4.